The van der Waals surface area contributed by atoms with Crippen LogP contribution in [-0.2, 0) is 16.0 Å². The predicted molar refractivity (Wildman–Crippen MR) is 69.0 cm³/mol. The Morgan fingerprint density at radius 2 is 2.10 bits per heavy atom. The lowest BCUT2D eigenvalue weighted by Crippen LogP contribution is -2.52. The van der Waals surface area contributed by atoms with E-state index in [1.165, 1.54) is 0 Å². The van der Waals surface area contributed by atoms with E-state index in [1.54, 1.807) is 6.92 Å². The first-order valence-electron chi connectivity index (χ1n) is 6.85. The molecule has 20 heavy (non-hydrogen) atoms. The number of aromatic nitrogens is 2. The third-order valence-electron chi connectivity index (χ3n) is 3.61. The predicted octanol–water partition coefficient (Wildman–Crippen LogP) is 1.21. The second-order valence-corrected chi connectivity index (χ2v) is 5.23. The van der Waals surface area contributed by atoms with Crippen LogP contribution in [0.2, 0.25) is 0 Å². The van der Waals surface area contributed by atoms with Gasteiger partial charge in [-0.05, 0) is 26.2 Å². The Balaban J connectivity index is 1.78. The molecule has 1 heterocycles. The average molecular weight is 281 g/mol. The zero-order chi connectivity index (χ0) is 14.6. The quantitative estimate of drug-likeness (QED) is 0.812. The van der Waals surface area contributed by atoms with Gasteiger partial charge in [-0.25, -0.2) is 4.79 Å². The van der Waals surface area contributed by atoms with E-state index < -0.39 is 11.5 Å². The molecular weight excluding hydrogens is 262 g/mol. The van der Waals surface area contributed by atoms with E-state index in [-0.39, 0.29) is 12.3 Å². The molecule has 1 aromatic rings. The molecule has 1 aliphatic rings. The number of carboxylic acids is 1. The number of carbonyl (C=O) groups excluding carboxylic acids is 1. The van der Waals surface area contributed by atoms with Crippen LogP contribution in [0.15, 0.2) is 4.52 Å². The minimum absolute atomic E-state index is 0.231. The maximum absolute atomic E-state index is 11.9. The fraction of sp³-hybridized carbons (Fsp3) is 0.692. The van der Waals surface area contributed by atoms with Crippen molar-refractivity contribution >= 4 is 11.9 Å². The van der Waals surface area contributed by atoms with E-state index in [4.69, 9.17) is 4.52 Å². The molecule has 7 heteroatoms. The molecule has 1 fully saturated rings. The summed E-state index contributed by atoms with van der Waals surface area (Å²) in [5.74, 6) is -0.0919. The lowest BCUT2D eigenvalue weighted by Gasteiger charge is -2.25. The molecule has 0 bridgehead atoms. The first-order valence-corrected chi connectivity index (χ1v) is 6.85. The smallest absolute Gasteiger partial charge is 0.329 e. The van der Waals surface area contributed by atoms with Gasteiger partial charge in [-0.2, -0.15) is 4.98 Å². The molecule has 0 saturated heterocycles. The Labute approximate surface area is 116 Å². The van der Waals surface area contributed by atoms with Gasteiger partial charge in [0.05, 0.1) is 0 Å². The third-order valence-corrected chi connectivity index (χ3v) is 3.61. The minimum Gasteiger partial charge on any atom is -0.480 e. The SMILES string of the molecule is Cc1noc(CCCC(=O)NC2(C(=O)O)CCCC2)n1. The van der Waals surface area contributed by atoms with Crippen LogP contribution in [0.4, 0.5) is 0 Å². The fourth-order valence-electron chi connectivity index (χ4n) is 2.54. The third kappa shape index (κ3) is 3.34. The molecule has 1 aromatic heterocycles. The summed E-state index contributed by atoms with van der Waals surface area (Å²) in [6.07, 6.45) is 4.05. The van der Waals surface area contributed by atoms with E-state index in [0.717, 1.165) is 12.8 Å². The van der Waals surface area contributed by atoms with Gasteiger partial charge >= 0.3 is 5.97 Å². The van der Waals surface area contributed by atoms with Crippen molar-refractivity contribution in [3.63, 3.8) is 0 Å². The van der Waals surface area contributed by atoms with E-state index >= 15 is 0 Å². The molecule has 0 spiro atoms. The summed E-state index contributed by atoms with van der Waals surface area (Å²) in [4.78, 5) is 27.2. The molecule has 110 valence electrons. The van der Waals surface area contributed by atoms with Crippen LogP contribution >= 0.6 is 0 Å². The van der Waals surface area contributed by atoms with Crippen LogP contribution in [0.1, 0.15) is 50.2 Å². The number of nitrogens with one attached hydrogen (secondary N) is 1. The van der Waals surface area contributed by atoms with Crippen molar-refractivity contribution in [1.82, 2.24) is 15.5 Å². The van der Waals surface area contributed by atoms with Crippen LogP contribution in [-0.4, -0.2) is 32.7 Å². The molecule has 0 unspecified atom stereocenters. The molecule has 0 aromatic carbocycles. The van der Waals surface area contributed by atoms with Crippen LogP contribution < -0.4 is 5.32 Å². The molecule has 1 amide bonds. The van der Waals surface area contributed by atoms with Crippen molar-refractivity contribution in [2.75, 3.05) is 0 Å². The van der Waals surface area contributed by atoms with E-state index in [1.807, 2.05) is 0 Å². The molecule has 7 nitrogen and oxygen atoms in total. The van der Waals surface area contributed by atoms with Gasteiger partial charge in [0, 0.05) is 12.8 Å². The molecule has 0 aliphatic heterocycles. The monoisotopic (exact) mass is 281 g/mol. The lowest BCUT2D eigenvalue weighted by atomic mass is 9.97. The zero-order valence-electron chi connectivity index (χ0n) is 11.5. The summed E-state index contributed by atoms with van der Waals surface area (Å²) in [5.41, 5.74) is -1.06. The highest BCUT2D eigenvalue weighted by molar-refractivity contribution is 5.87. The van der Waals surface area contributed by atoms with Gasteiger partial charge in [0.1, 0.15) is 5.54 Å². The first kappa shape index (κ1) is 14.5. The number of hydrogen-bond acceptors (Lipinski definition) is 5. The summed E-state index contributed by atoms with van der Waals surface area (Å²) in [7, 11) is 0. The van der Waals surface area contributed by atoms with Gasteiger partial charge in [-0.1, -0.05) is 18.0 Å². The van der Waals surface area contributed by atoms with Crippen LogP contribution in [0, 0.1) is 6.92 Å². The Morgan fingerprint density at radius 3 is 2.65 bits per heavy atom. The highest BCUT2D eigenvalue weighted by atomic mass is 16.5. The summed E-state index contributed by atoms with van der Waals surface area (Å²) in [5, 5.41) is 15.6. The molecule has 1 saturated carbocycles. The topological polar surface area (TPSA) is 105 Å². The summed E-state index contributed by atoms with van der Waals surface area (Å²) in [6.45, 7) is 1.73. The van der Waals surface area contributed by atoms with Crippen molar-refractivity contribution in [2.45, 2.75) is 57.4 Å². The van der Waals surface area contributed by atoms with Crippen molar-refractivity contribution in [3.05, 3.63) is 11.7 Å². The van der Waals surface area contributed by atoms with Crippen molar-refractivity contribution in [3.8, 4) is 0 Å². The van der Waals surface area contributed by atoms with Crippen LogP contribution in [0.5, 0.6) is 0 Å². The van der Waals surface area contributed by atoms with Crippen molar-refractivity contribution in [1.29, 1.82) is 0 Å². The largest absolute Gasteiger partial charge is 0.480 e. The molecule has 1 aliphatic carbocycles. The molecular formula is C13H19N3O4. The molecule has 0 radical (unpaired) electrons. The standard InChI is InChI=1S/C13H19N3O4/c1-9-14-11(20-16-9)6-4-5-10(17)15-13(12(18)19)7-2-3-8-13/h2-8H2,1H3,(H,15,17)(H,18,19). The van der Waals surface area contributed by atoms with Gasteiger partial charge in [0.2, 0.25) is 11.8 Å². The van der Waals surface area contributed by atoms with E-state index in [9.17, 15) is 14.7 Å². The number of rotatable bonds is 6. The number of aliphatic carboxylic acids is 1. The van der Waals surface area contributed by atoms with Gasteiger partial charge in [-0.15, -0.1) is 0 Å². The van der Waals surface area contributed by atoms with E-state index in [0.29, 0.717) is 37.4 Å². The van der Waals surface area contributed by atoms with Gasteiger partial charge in [0.25, 0.3) is 0 Å². The maximum Gasteiger partial charge on any atom is 0.329 e. The second-order valence-electron chi connectivity index (χ2n) is 5.23. The number of carboxylic acid groups (broad SMARTS) is 1. The van der Waals surface area contributed by atoms with Gasteiger partial charge < -0.3 is 14.9 Å². The Bertz CT molecular complexity index is 492. The summed E-state index contributed by atoms with van der Waals surface area (Å²) >= 11 is 0. The summed E-state index contributed by atoms with van der Waals surface area (Å²) in [6, 6.07) is 0. The number of carbonyl (C=O) groups is 2. The van der Waals surface area contributed by atoms with Gasteiger partial charge in [0.15, 0.2) is 5.82 Å². The summed E-state index contributed by atoms with van der Waals surface area (Å²) < 4.78 is 4.95. The van der Waals surface area contributed by atoms with Crippen LogP contribution in [0.3, 0.4) is 0 Å². The molecule has 0 atom stereocenters. The highest BCUT2D eigenvalue weighted by Gasteiger charge is 2.42. The van der Waals surface area contributed by atoms with Crippen molar-refractivity contribution < 1.29 is 19.2 Å². The first-order chi connectivity index (χ1) is 9.52. The maximum atomic E-state index is 11.9. The number of hydrogen-bond donors (Lipinski definition) is 2. The van der Waals surface area contributed by atoms with Crippen molar-refractivity contribution in [2.24, 2.45) is 0 Å². The molecule has 2 N–H and O–H groups in total. The number of nitrogens with zero attached hydrogens (tertiary/aromatic N) is 2. The van der Waals surface area contributed by atoms with Gasteiger partial charge in [-0.3, -0.25) is 4.79 Å². The van der Waals surface area contributed by atoms with Crippen LogP contribution in [0.25, 0.3) is 0 Å². The Kier molecular flexibility index (Phi) is 4.36. The Morgan fingerprint density at radius 1 is 1.40 bits per heavy atom. The fourth-order valence-corrected chi connectivity index (χ4v) is 2.54. The van der Waals surface area contributed by atoms with E-state index in [2.05, 4.69) is 15.5 Å². The second kappa shape index (κ2) is 6.02. The number of amides is 1. The number of aryl methyl sites for hydroxylation is 2. The zero-order valence-corrected chi connectivity index (χ0v) is 11.5. The highest BCUT2D eigenvalue weighted by Crippen LogP contribution is 2.30. The average Bonchev–Trinajstić information content (AvgIpc) is 2.99. The molecule has 2 rings (SSSR count). The Hall–Kier alpha value is -1.92. The normalized spacial score (nSPS) is 17.1. The minimum atomic E-state index is -1.06. The lowest BCUT2D eigenvalue weighted by molar-refractivity contribution is -0.147.